The number of hydrogen-bond acceptors (Lipinski definition) is 5. The van der Waals surface area contributed by atoms with E-state index in [0.29, 0.717) is 16.8 Å². The summed E-state index contributed by atoms with van der Waals surface area (Å²) >= 11 is 0. The van der Waals surface area contributed by atoms with Crippen LogP contribution < -0.4 is 9.62 Å². The van der Waals surface area contributed by atoms with Crippen molar-refractivity contribution >= 4 is 27.6 Å². The Hall–Kier alpha value is -3.75. The minimum absolute atomic E-state index is 0.190. The van der Waals surface area contributed by atoms with Gasteiger partial charge < -0.3 is 9.64 Å². The molecule has 7 nitrogen and oxygen atoms in total. The third kappa shape index (κ3) is 2.85. The molecule has 4 atom stereocenters. The van der Waals surface area contributed by atoms with Crippen LogP contribution in [0.25, 0.3) is 0 Å². The van der Waals surface area contributed by atoms with E-state index < -0.39 is 39.3 Å². The number of hydrogen-bond donors (Lipinski definition) is 1. The first kappa shape index (κ1) is 22.7. The molecule has 36 heavy (non-hydrogen) atoms. The maximum atomic E-state index is 14.3. The minimum atomic E-state index is -3.81. The second kappa shape index (κ2) is 7.88. The van der Waals surface area contributed by atoms with Crippen LogP contribution in [-0.4, -0.2) is 34.5 Å². The molecule has 0 aromatic heterocycles. The lowest BCUT2D eigenvalue weighted by Gasteiger charge is -2.39. The number of nitrogens with one attached hydrogen (secondary N) is 1. The molecule has 182 valence electrons. The molecule has 0 saturated carbocycles. The van der Waals surface area contributed by atoms with Gasteiger partial charge in [-0.1, -0.05) is 72.8 Å². The summed E-state index contributed by atoms with van der Waals surface area (Å²) in [6.07, 6.45) is 1.80. The van der Waals surface area contributed by atoms with E-state index >= 15 is 0 Å². The van der Waals surface area contributed by atoms with E-state index in [0.717, 1.165) is 5.56 Å². The third-order valence-corrected chi connectivity index (χ3v) is 9.28. The number of esters is 1. The number of benzene rings is 3. The van der Waals surface area contributed by atoms with E-state index in [1.165, 1.54) is 7.11 Å². The Morgan fingerprint density at radius 3 is 2.39 bits per heavy atom. The Labute approximate surface area is 209 Å². The Kier molecular flexibility index (Phi) is 4.97. The van der Waals surface area contributed by atoms with E-state index in [2.05, 4.69) is 4.72 Å². The van der Waals surface area contributed by atoms with Gasteiger partial charge in [-0.3, -0.25) is 4.79 Å². The van der Waals surface area contributed by atoms with E-state index in [1.807, 2.05) is 54.6 Å². The number of para-hydroxylation sites is 1. The van der Waals surface area contributed by atoms with Gasteiger partial charge in [-0.25, -0.2) is 17.9 Å². The van der Waals surface area contributed by atoms with Crippen LogP contribution in [0.4, 0.5) is 5.69 Å². The summed E-state index contributed by atoms with van der Waals surface area (Å²) in [4.78, 5) is 29.4. The highest BCUT2D eigenvalue weighted by atomic mass is 32.2. The van der Waals surface area contributed by atoms with Crippen LogP contribution in [0, 0.1) is 5.92 Å². The van der Waals surface area contributed by atoms with E-state index in [4.69, 9.17) is 4.74 Å². The van der Waals surface area contributed by atoms with Crippen molar-refractivity contribution in [3.8, 4) is 0 Å². The Morgan fingerprint density at radius 1 is 0.972 bits per heavy atom. The highest BCUT2D eigenvalue weighted by molar-refractivity contribution is 7.89. The molecule has 1 aliphatic carbocycles. The highest BCUT2D eigenvalue weighted by Gasteiger charge is 2.66. The molecule has 2 aliphatic heterocycles. The fourth-order valence-corrected chi connectivity index (χ4v) is 7.85. The Morgan fingerprint density at radius 2 is 1.64 bits per heavy atom. The van der Waals surface area contributed by atoms with Gasteiger partial charge in [0.15, 0.2) is 0 Å². The predicted molar refractivity (Wildman–Crippen MR) is 134 cm³/mol. The van der Waals surface area contributed by atoms with Gasteiger partial charge in [0.25, 0.3) is 0 Å². The molecule has 0 bridgehead atoms. The molecule has 3 aromatic rings. The van der Waals surface area contributed by atoms with Crippen molar-refractivity contribution in [2.45, 2.75) is 22.3 Å². The molecule has 1 amide bonds. The van der Waals surface area contributed by atoms with Crippen molar-refractivity contribution in [3.63, 3.8) is 0 Å². The highest BCUT2D eigenvalue weighted by Crippen LogP contribution is 2.63. The summed E-state index contributed by atoms with van der Waals surface area (Å²) in [7, 11) is -0.829. The van der Waals surface area contributed by atoms with Gasteiger partial charge >= 0.3 is 5.97 Å². The average Bonchev–Trinajstić information content (AvgIpc) is 3.47. The molecule has 2 heterocycles. The standard InChI is InChI=1S/C28H24N2O5S/c1-30-22-14-8-7-13-20(22)28(27(30)32)21(26(31)35-2)16-19(17-10-4-3-5-11-17)24(28)25-18-12-6-9-15-23(18)36(33,34)29-25/h3-16,19,24-25,29H,1-2H3/t19-,24+,25+,28-/m1/s1. The van der Waals surface area contributed by atoms with Crippen LogP contribution in [0.2, 0.25) is 0 Å². The van der Waals surface area contributed by atoms with Crippen LogP contribution in [0.15, 0.2) is 95.4 Å². The number of anilines is 1. The van der Waals surface area contributed by atoms with Crippen LogP contribution in [0.3, 0.4) is 0 Å². The molecule has 1 spiro atoms. The summed E-state index contributed by atoms with van der Waals surface area (Å²) in [6, 6.07) is 23.0. The smallest absolute Gasteiger partial charge is 0.334 e. The zero-order chi connectivity index (χ0) is 25.2. The van der Waals surface area contributed by atoms with Crippen LogP contribution in [-0.2, 0) is 29.8 Å². The second-order valence-electron chi connectivity index (χ2n) is 9.36. The number of nitrogens with zero attached hydrogens (tertiary/aromatic N) is 1. The number of methoxy groups -OCH3 is 1. The van der Waals surface area contributed by atoms with Crippen molar-refractivity contribution in [3.05, 3.63) is 107 Å². The monoisotopic (exact) mass is 500 g/mol. The zero-order valence-electron chi connectivity index (χ0n) is 19.7. The van der Waals surface area contributed by atoms with Gasteiger partial charge in [0.05, 0.1) is 23.6 Å². The molecular formula is C28H24N2O5S. The summed E-state index contributed by atoms with van der Waals surface area (Å²) in [5.74, 6) is -1.99. The molecule has 1 N–H and O–H groups in total. The molecule has 0 radical (unpaired) electrons. The van der Waals surface area contributed by atoms with Crippen molar-refractivity contribution in [1.82, 2.24) is 4.72 Å². The summed E-state index contributed by atoms with van der Waals surface area (Å²) in [6.45, 7) is 0. The molecule has 3 aliphatic rings. The molecule has 6 rings (SSSR count). The van der Waals surface area contributed by atoms with Gasteiger partial charge in [-0.15, -0.1) is 0 Å². The second-order valence-corrected chi connectivity index (χ2v) is 11.0. The molecule has 3 aromatic carbocycles. The Balaban J connectivity index is 1.69. The maximum Gasteiger partial charge on any atom is 0.334 e. The number of amides is 1. The normalized spacial score (nSPS) is 27.6. The number of allylic oxidation sites excluding steroid dienone is 1. The van der Waals surface area contributed by atoms with Crippen molar-refractivity contribution in [2.75, 3.05) is 19.1 Å². The van der Waals surface area contributed by atoms with E-state index in [1.54, 1.807) is 42.3 Å². The molecule has 8 heteroatoms. The lowest BCUT2D eigenvalue weighted by atomic mass is 9.63. The Bertz CT molecular complexity index is 1550. The summed E-state index contributed by atoms with van der Waals surface area (Å²) in [5.41, 5.74) is 1.61. The van der Waals surface area contributed by atoms with Gasteiger partial charge in [0, 0.05) is 24.6 Å². The first-order chi connectivity index (χ1) is 17.3. The minimum Gasteiger partial charge on any atom is -0.466 e. The number of carbonyl (C=O) groups excluding carboxylic acids is 2. The first-order valence-electron chi connectivity index (χ1n) is 11.7. The van der Waals surface area contributed by atoms with Crippen molar-refractivity contribution < 1.29 is 22.7 Å². The number of likely N-dealkylation sites (N-methyl/N-ethyl adjacent to an activating group) is 1. The zero-order valence-corrected chi connectivity index (χ0v) is 20.5. The van der Waals surface area contributed by atoms with Gasteiger partial charge in [-0.2, -0.15) is 0 Å². The lowest BCUT2D eigenvalue weighted by molar-refractivity contribution is -0.139. The number of rotatable bonds is 3. The van der Waals surface area contributed by atoms with Gasteiger partial charge in [0.2, 0.25) is 15.9 Å². The van der Waals surface area contributed by atoms with E-state index in [-0.39, 0.29) is 16.4 Å². The van der Waals surface area contributed by atoms with Crippen LogP contribution in [0.5, 0.6) is 0 Å². The number of ether oxygens (including phenoxy) is 1. The first-order valence-corrected chi connectivity index (χ1v) is 13.1. The quantitative estimate of drug-likeness (QED) is 0.556. The largest absolute Gasteiger partial charge is 0.466 e. The summed E-state index contributed by atoms with van der Waals surface area (Å²) in [5, 5.41) is 0. The fourth-order valence-electron chi connectivity index (χ4n) is 6.35. The molecular weight excluding hydrogens is 476 g/mol. The maximum absolute atomic E-state index is 14.3. The van der Waals surface area contributed by atoms with Crippen molar-refractivity contribution in [1.29, 1.82) is 0 Å². The number of carbonyl (C=O) groups is 2. The van der Waals surface area contributed by atoms with Crippen LogP contribution in [0.1, 0.15) is 28.7 Å². The summed E-state index contributed by atoms with van der Waals surface area (Å²) < 4.78 is 34.5. The number of sulfonamides is 1. The number of fused-ring (bicyclic) bond motifs is 3. The van der Waals surface area contributed by atoms with Crippen molar-refractivity contribution in [2.24, 2.45) is 5.92 Å². The lowest BCUT2D eigenvalue weighted by Crippen LogP contribution is -2.50. The van der Waals surface area contributed by atoms with Gasteiger partial charge in [-0.05, 0) is 28.8 Å². The molecule has 0 fully saturated rings. The molecule has 0 saturated heterocycles. The van der Waals surface area contributed by atoms with Crippen LogP contribution >= 0.6 is 0 Å². The molecule has 0 unspecified atom stereocenters. The average molecular weight is 501 g/mol. The van der Waals surface area contributed by atoms with Gasteiger partial charge in [0.1, 0.15) is 5.41 Å². The topological polar surface area (TPSA) is 92.8 Å². The third-order valence-electron chi connectivity index (χ3n) is 7.76. The SMILES string of the molecule is COC(=O)C1=C[C@H](c2ccccc2)[C@@H]([C@H]2NS(=O)(=O)c3ccccc32)[C@]12C(=O)N(C)c1ccccc12. The fraction of sp³-hybridized carbons (Fsp3) is 0.214. The van der Waals surface area contributed by atoms with E-state index in [9.17, 15) is 18.0 Å². The predicted octanol–water partition coefficient (Wildman–Crippen LogP) is 3.45.